The third kappa shape index (κ3) is 2.43. The van der Waals surface area contributed by atoms with Crippen LogP contribution in [0, 0.1) is 6.92 Å². The second-order valence-corrected chi connectivity index (χ2v) is 5.55. The molecule has 0 saturated carbocycles. The molecule has 1 aliphatic rings. The summed E-state index contributed by atoms with van der Waals surface area (Å²) in [6, 6.07) is 9.46. The summed E-state index contributed by atoms with van der Waals surface area (Å²) < 4.78 is 11.3. The van der Waals surface area contributed by atoms with Crippen LogP contribution in [-0.2, 0) is 0 Å². The van der Waals surface area contributed by atoms with Crippen LogP contribution in [-0.4, -0.2) is 23.6 Å². The maximum Gasteiger partial charge on any atom is 0.157 e. The van der Waals surface area contributed by atoms with Crippen LogP contribution in [0.25, 0.3) is 0 Å². The molecule has 23 heavy (non-hydrogen) atoms. The van der Waals surface area contributed by atoms with Crippen LogP contribution in [0.1, 0.15) is 45.7 Å². The van der Waals surface area contributed by atoms with Crippen LogP contribution in [0.3, 0.4) is 0 Å². The van der Waals surface area contributed by atoms with Gasteiger partial charge in [-0.15, -0.1) is 0 Å². The lowest BCUT2D eigenvalue weighted by Gasteiger charge is -2.32. The lowest BCUT2D eigenvalue weighted by Crippen LogP contribution is -2.21. The molecule has 120 valence electrons. The Morgan fingerprint density at radius 1 is 1.30 bits per heavy atom. The van der Waals surface area contributed by atoms with Crippen molar-refractivity contribution in [3.8, 4) is 17.2 Å². The van der Waals surface area contributed by atoms with Crippen LogP contribution in [0.5, 0.6) is 17.2 Å². The molecule has 2 aromatic rings. The van der Waals surface area contributed by atoms with E-state index < -0.39 is 12.2 Å². The van der Waals surface area contributed by atoms with Crippen LogP contribution in [0.4, 0.5) is 0 Å². The number of ether oxygens (including phenoxy) is 2. The zero-order chi connectivity index (χ0) is 16.6. The number of benzene rings is 2. The largest absolute Gasteiger partial charge is 0.507 e. The number of fused-ring (bicyclic) bond motifs is 1. The molecule has 0 fully saturated rings. The number of aldehydes is 1. The van der Waals surface area contributed by atoms with E-state index in [0.717, 1.165) is 5.56 Å². The highest BCUT2D eigenvalue weighted by atomic mass is 16.5. The molecule has 0 saturated heterocycles. The zero-order valence-electron chi connectivity index (χ0n) is 12.9. The van der Waals surface area contributed by atoms with Crippen molar-refractivity contribution in [3.63, 3.8) is 0 Å². The summed E-state index contributed by atoms with van der Waals surface area (Å²) in [5, 5.41) is 20.8. The molecule has 0 aliphatic carbocycles. The molecule has 0 bridgehead atoms. The van der Waals surface area contributed by atoms with E-state index in [0.29, 0.717) is 29.6 Å². The Morgan fingerprint density at radius 3 is 2.61 bits per heavy atom. The summed E-state index contributed by atoms with van der Waals surface area (Å²) in [5.74, 6) is 0.353. The van der Waals surface area contributed by atoms with Crippen molar-refractivity contribution in [2.24, 2.45) is 0 Å². The second-order valence-electron chi connectivity index (χ2n) is 5.55. The highest BCUT2D eigenvalue weighted by Gasteiger charge is 2.35. The number of aromatic hydroxyl groups is 1. The van der Waals surface area contributed by atoms with Crippen LogP contribution in [0.2, 0.25) is 0 Å². The fourth-order valence-corrected chi connectivity index (χ4v) is 3.05. The number of phenolic OH excluding ortho intramolecular Hbond substituents is 1. The van der Waals surface area contributed by atoms with Crippen molar-refractivity contribution in [2.45, 2.75) is 25.6 Å². The average Bonchev–Trinajstić information content (AvgIpc) is 2.57. The van der Waals surface area contributed by atoms with Gasteiger partial charge in [-0.2, -0.15) is 0 Å². The van der Waals surface area contributed by atoms with Crippen LogP contribution in [0.15, 0.2) is 30.3 Å². The first-order valence-corrected chi connectivity index (χ1v) is 7.36. The third-order valence-electron chi connectivity index (χ3n) is 4.21. The molecule has 2 N–H and O–H groups in total. The molecule has 0 radical (unpaired) electrons. The molecule has 2 atom stereocenters. The number of methoxy groups -OCH3 is 1. The molecule has 0 spiro atoms. The molecule has 0 amide bonds. The predicted octanol–water partition coefficient (Wildman–Crippen LogP) is 3.08. The Labute approximate surface area is 134 Å². The Hall–Kier alpha value is -2.53. The van der Waals surface area contributed by atoms with Gasteiger partial charge in [-0.05, 0) is 12.5 Å². The van der Waals surface area contributed by atoms with E-state index >= 15 is 0 Å². The molecule has 0 aromatic heterocycles. The van der Waals surface area contributed by atoms with Gasteiger partial charge in [-0.3, -0.25) is 4.79 Å². The minimum absolute atomic E-state index is 0.0398. The van der Waals surface area contributed by atoms with Gasteiger partial charge < -0.3 is 19.7 Å². The molecule has 3 rings (SSSR count). The number of carbonyl (C=O) groups excluding carboxylic acids is 1. The first kappa shape index (κ1) is 15.4. The minimum Gasteiger partial charge on any atom is -0.507 e. The lowest BCUT2D eigenvalue weighted by atomic mass is 9.90. The molecule has 1 aliphatic heterocycles. The molecule has 5 heteroatoms. The Bertz CT molecular complexity index is 739. The lowest BCUT2D eigenvalue weighted by molar-refractivity contribution is 0.0619. The highest BCUT2D eigenvalue weighted by molar-refractivity contribution is 5.87. The van der Waals surface area contributed by atoms with Gasteiger partial charge in [0.15, 0.2) is 6.29 Å². The zero-order valence-corrected chi connectivity index (χ0v) is 12.9. The van der Waals surface area contributed by atoms with Crippen molar-refractivity contribution < 1.29 is 24.5 Å². The molecular formula is C18H18O5. The molecule has 2 aromatic carbocycles. The van der Waals surface area contributed by atoms with Crippen molar-refractivity contribution in [1.29, 1.82) is 0 Å². The first-order valence-electron chi connectivity index (χ1n) is 7.36. The predicted molar refractivity (Wildman–Crippen MR) is 84.2 cm³/mol. The summed E-state index contributed by atoms with van der Waals surface area (Å²) >= 11 is 0. The van der Waals surface area contributed by atoms with Gasteiger partial charge >= 0.3 is 0 Å². The van der Waals surface area contributed by atoms with E-state index in [2.05, 4.69) is 0 Å². The van der Waals surface area contributed by atoms with Crippen molar-refractivity contribution in [1.82, 2.24) is 0 Å². The van der Waals surface area contributed by atoms with E-state index in [9.17, 15) is 15.0 Å². The van der Waals surface area contributed by atoms with Crippen LogP contribution < -0.4 is 9.47 Å². The summed E-state index contributed by atoms with van der Waals surface area (Å²) in [7, 11) is 1.46. The number of hydrogen-bond donors (Lipinski definition) is 2. The Morgan fingerprint density at radius 2 is 2.00 bits per heavy atom. The van der Waals surface area contributed by atoms with Crippen molar-refractivity contribution in [3.05, 3.63) is 52.6 Å². The molecule has 5 nitrogen and oxygen atoms in total. The molecule has 1 heterocycles. The third-order valence-corrected chi connectivity index (χ3v) is 4.21. The number of phenols is 1. The fourth-order valence-electron chi connectivity index (χ4n) is 3.05. The number of carbonyl (C=O) groups is 1. The quantitative estimate of drug-likeness (QED) is 0.852. The standard InChI is InChI=1S/C18H18O5/c1-10-16(21)12(9-19)18-15(17(10)22-2)13(20)8-14(23-18)11-6-4-3-5-7-11/h3-7,9,13-14,20-21H,8H2,1-2H3/t13-,14+/m1/s1. The SMILES string of the molecule is COc1c(C)c(O)c(C=O)c2c1[C@H](O)C[C@@H](c1ccccc1)O2. The molecular weight excluding hydrogens is 296 g/mol. The smallest absolute Gasteiger partial charge is 0.157 e. The van der Waals surface area contributed by atoms with Gasteiger partial charge in [-0.25, -0.2) is 0 Å². The first-order chi connectivity index (χ1) is 11.1. The van der Waals surface area contributed by atoms with Gasteiger partial charge in [0.2, 0.25) is 0 Å². The average molecular weight is 314 g/mol. The normalized spacial score (nSPS) is 19.6. The summed E-state index contributed by atoms with van der Waals surface area (Å²) in [5.41, 5.74) is 1.76. The van der Waals surface area contributed by atoms with Crippen molar-refractivity contribution in [2.75, 3.05) is 7.11 Å². The van der Waals surface area contributed by atoms with Gasteiger partial charge in [0.05, 0.1) is 24.3 Å². The van der Waals surface area contributed by atoms with E-state index in [1.807, 2.05) is 30.3 Å². The molecule has 0 unspecified atom stereocenters. The number of hydrogen-bond acceptors (Lipinski definition) is 5. The van der Waals surface area contributed by atoms with Gasteiger partial charge in [-0.1, -0.05) is 30.3 Å². The number of rotatable bonds is 3. The monoisotopic (exact) mass is 314 g/mol. The van der Waals surface area contributed by atoms with Gasteiger partial charge in [0.25, 0.3) is 0 Å². The van der Waals surface area contributed by atoms with Crippen LogP contribution >= 0.6 is 0 Å². The second kappa shape index (κ2) is 5.93. The summed E-state index contributed by atoms with van der Waals surface area (Å²) in [4.78, 5) is 11.4. The van der Waals surface area contributed by atoms with E-state index in [1.165, 1.54) is 7.11 Å². The summed E-state index contributed by atoms with van der Waals surface area (Å²) in [6.07, 6.45) is -0.363. The van der Waals surface area contributed by atoms with Crippen molar-refractivity contribution >= 4 is 6.29 Å². The topological polar surface area (TPSA) is 76.0 Å². The van der Waals surface area contributed by atoms with Gasteiger partial charge in [0.1, 0.15) is 23.4 Å². The Balaban J connectivity index is 2.17. The maximum absolute atomic E-state index is 11.4. The van der Waals surface area contributed by atoms with E-state index in [-0.39, 0.29) is 17.1 Å². The number of aliphatic hydroxyl groups is 1. The summed E-state index contributed by atoms with van der Waals surface area (Å²) in [6.45, 7) is 1.64. The maximum atomic E-state index is 11.4. The van der Waals surface area contributed by atoms with E-state index in [4.69, 9.17) is 9.47 Å². The highest BCUT2D eigenvalue weighted by Crippen LogP contribution is 2.51. The Kier molecular flexibility index (Phi) is 3.96. The fraction of sp³-hybridized carbons (Fsp3) is 0.278. The van der Waals surface area contributed by atoms with E-state index in [1.54, 1.807) is 6.92 Å². The number of aliphatic hydroxyl groups excluding tert-OH is 1. The minimum atomic E-state index is -0.850. The van der Waals surface area contributed by atoms with Gasteiger partial charge in [0, 0.05) is 12.0 Å².